The summed E-state index contributed by atoms with van der Waals surface area (Å²) in [5.74, 6) is 7.93. The van der Waals surface area contributed by atoms with Crippen LogP contribution in [0.3, 0.4) is 0 Å². The minimum absolute atomic E-state index is 0.449. The lowest BCUT2D eigenvalue weighted by molar-refractivity contribution is 0.222. The summed E-state index contributed by atoms with van der Waals surface area (Å²) < 4.78 is 24.0. The molecule has 1 atom stereocenters. The van der Waals surface area contributed by atoms with E-state index in [9.17, 15) is 0 Å². The summed E-state index contributed by atoms with van der Waals surface area (Å²) in [4.78, 5) is 38.3. The average molecular weight is 1410 g/mol. The van der Waals surface area contributed by atoms with Crippen molar-refractivity contribution in [2.24, 2.45) is 32.2 Å². The van der Waals surface area contributed by atoms with Crippen molar-refractivity contribution in [1.82, 2.24) is 43.4 Å². The number of benzene rings is 6. The van der Waals surface area contributed by atoms with E-state index in [1.807, 2.05) is 110 Å². The van der Waals surface area contributed by atoms with Gasteiger partial charge in [-0.3, -0.25) is 0 Å². The number of thioether (sulfide) groups is 1. The van der Waals surface area contributed by atoms with Crippen LogP contribution < -0.4 is 31.4 Å². The van der Waals surface area contributed by atoms with Gasteiger partial charge in [0.1, 0.15) is 46.4 Å². The number of ether oxygens (including phenoxy) is 3. The normalized spacial score (nSPS) is 15.0. The van der Waals surface area contributed by atoms with Crippen molar-refractivity contribution in [2.75, 3.05) is 78.9 Å². The van der Waals surface area contributed by atoms with Gasteiger partial charge in [-0.05, 0) is 236 Å². The summed E-state index contributed by atoms with van der Waals surface area (Å²) in [7, 11) is 4.44. The molecule has 2 saturated heterocycles. The van der Waals surface area contributed by atoms with Gasteiger partial charge >= 0.3 is 0 Å². The number of aromatic nitrogens is 6. The summed E-state index contributed by atoms with van der Waals surface area (Å²) >= 11 is 4.74. The standard InChI is InChI=1S/C28H33N5OS.C27H31N5OS.C25H35N5OS/c1-3-34-23-11-8-20(9-12-23)18-27-31-24-19-21(30-28(29)26-7-5-17-35-26)10-13-25(24)33(27)16-14-22-6-4-15-32(22)2;1-3-33-22-9-6-19(7-10-22)17-26-30-23-18-20(29-27(28)25-5-4-16-34-25)8-11-24(23)32(26)21-12-14-31(2)15-13-21;1-5-29(6-2)15-16-30-23-14-11-20(27-25(26)32-8-4)18-22(23)28-24(30)17-19-9-12-21(13-10-19)31-7-3/h5,7-13,17,19,22H,3-4,6,14-16,18H2,1-2H3,(H2,29,30);4-11,16,18,21H,3,12-15,17H2,1-2H3,(H2,28,29);9-14,18H,5-8,15-17H2,1-4H3,(H2,26,27). The van der Waals surface area contributed by atoms with Crippen LogP contribution in [0.4, 0.5) is 17.1 Å². The number of thiophene rings is 2. The third-order valence-corrected chi connectivity index (χ3v) is 21.1. The first-order valence-corrected chi connectivity index (χ1v) is 38.5. The number of fused-ring (bicyclic) bond motifs is 3. The van der Waals surface area contributed by atoms with Crippen molar-refractivity contribution in [1.29, 1.82) is 0 Å². The number of likely N-dealkylation sites (tertiary alicyclic amines) is 2. The molecule has 18 nitrogen and oxygen atoms in total. The Morgan fingerprint density at radius 1 is 0.525 bits per heavy atom. The monoisotopic (exact) mass is 1410 g/mol. The van der Waals surface area contributed by atoms with E-state index >= 15 is 0 Å². The number of nitrogens with two attached hydrogens (primary N) is 3. The topological polar surface area (TPSA) is 206 Å². The van der Waals surface area contributed by atoms with Gasteiger partial charge < -0.3 is 59.8 Å². The number of aliphatic imine (C=N–C) groups is 3. The van der Waals surface area contributed by atoms with Gasteiger partial charge in [0, 0.05) is 51.0 Å². The number of hydrogen-bond donors (Lipinski definition) is 3. The minimum Gasteiger partial charge on any atom is -0.494 e. The summed E-state index contributed by atoms with van der Waals surface area (Å²) in [6, 6.07) is 52.8. The van der Waals surface area contributed by atoms with E-state index in [2.05, 4.69) is 151 Å². The van der Waals surface area contributed by atoms with Gasteiger partial charge in [0.25, 0.3) is 0 Å². The molecular weight excluding hydrogens is 1320 g/mol. The summed E-state index contributed by atoms with van der Waals surface area (Å²) in [6.45, 7) is 22.9. The zero-order valence-electron chi connectivity index (χ0n) is 59.9. The molecular formula is C80H99N15O3S3. The van der Waals surface area contributed by atoms with Crippen LogP contribution in [0, 0.1) is 0 Å². The number of hydrogen-bond acceptors (Lipinski definition) is 15. The van der Waals surface area contributed by atoms with Gasteiger partial charge in [-0.15, -0.1) is 22.7 Å². The highest BCUT2D eigenvalue weighted by Gasteiger charge is 2.25. The van der Waals surface area contributed by atoms with Gasteiger partial charge in [0.05, 0.1) is 79.7 Å². The first-order valence-electron chi connectivity index (χ1n) is 35.8. The predicted molar refractivity (Wildman–Crippen MR) is 423 cm³/mol. The van der Waals surface area contributed by atoms with E-state index in [-0.39, 0.29) is 0 Å². The van der Waals surface area contributed by atoms with E-state index < -0.39 is 0 Å². The number of amidine groups is 3. The van der Waals surface area contributed by atoms with E-state index in [0.29, 0.717) is 48.7 Å². The molecule has 0 spiro atoms. The summed E-state index contributed by atoms with van der Waals surface area (Å²) in [6.07, 6.45) is 8.28. The van der Waals surface area contributed by atoms with Crippen LogP contribution in [0.1, 0.15) is 124 Å². The third-order valence-electron chi connectivity index (χ3n) is 18.7. The molecule has 101 heavy (non-hydrogen) atoms. The maximum absolute atomic E-state index is 6.24. The van der Waals surface area contributed by atoms with E-state index in [4.69, 9.17) is 46.4 Å². The molecule has 5 aromatic heterocycles. The molecule has 530 valence electrons. The fourth-order valence-corrected chi connectivity index (χ4v) is 15.1. The molecule has 0 saturated carbocycles. The van der Waals surface area contributed by atoms with Crippen molar-refractivity contribution < 1.29 is 14.2 Å². The lowest BCUT2D eigenvalue weighted by atomic mass is 10.0. The van der Waals surface area contributed by atoms with E-state index in [1.54, 1.807) is 34.4 Å². The van der Waals surface area contributed by atoms with Crippen LogP contribution in [0.25, 0.3) is 33.1 Å². The highest BCUT2D eigenvalue weighted by molar-refractivity contribution is 8.13. The fraction of sp³-hybridized carbons (Fsp3) is 0.375. The Hall–Kier alpha value is -8.83. The van der Waals surface area contributed by atoms with Crippen molar-refractivity contribution in [3.63, 3.8) is 0 Å². The van der Waals surface area contributed by atoms with Crippen LogP contribution in [0.15, 0.2) is 177 Å². The predicted octanol–water partition coefficient (Wildman–Crippen LogP) is 16.1. The second-order valence-corrected chi connectivity index (χ2v) is 28.7. The zero-order valence-corrected chi connectivity index (χ0v) is 62.4. The van der Waals surface area contributed by atoms with Crippen molar-refractivity contribution >= 4 is 101 Å². The number of imidazole rings is 3. The lowest BCUT2D eigenvalue weighted by Crippen LogP contribution is -2.32. The first kappa shape index (κ1) is 73.4. The van der Waals surface area contributed by atoms with Gasteiger partial charge in [-0.1, -0.05) is 81.1 Å². The molecule has 21 heteroatoms. The molecule has 11 aromatic rings. The third kappa shape index (κ3) is 19.6. The smallest absolute Gasteiger partial charge is 0.159 e. The van der Waals surface area contributed by atoms with Crippen LogP contribution >= 0.6 is 34.4 Å². The maximum Gasteiger partial charge on any atom is 0.159 e. The Kier molecular flexibility index (Phi) is 26.3. The second kappa shape index (κ2) is 36.2. The second-order valence-electron chi connectivity index (χ2n) is 25.5. The van der Waals surface area contributed by atoms with Crippen LogP contribution in [-0.2, 0) is 32.4 Å². The minimum atomic E-state index is 0.449. The number of piperidine rings is 1. The van der Waals surface area contributed by atoms with Crippen LogP contribution in [0.2, 0.25) is 0 Å². The molecule has 0 radical (unpaired) electrons. The molecule has 2 fully saturated rings. The quantitative estimate of drug-likeness (QED) is 0.0324. The van der Waals surface area contributed by atoms with Gasteiger partial charge in [0.15, 0.2) is 5.17 Å². The SMILES string of the molecule is CCOc1ccc(Cc2nc3cc(N=C(N)SCC)ccc3n2CCN(CC)CC)cc1.CCOc1ccc(Cc2nc3cc(N=C(N)c4cccs4)ccc3n2C2CCN(C)CC2)cc1.CCOc1ccc(Cc2nc3cc(N=C(N)c4cccs4)ccc3n2CCC2CCCN2C)cc1. The molecule has 7 heterocycles. The van der Waals surface area contributed by atoms with Gasteiger partial charge in [-0.2, -0.15) is 0 Å². The first-order chi connectivity index (χ1) is 49.3. The van der Waals surface area contributed by atoms with Crippen LogP contribution in [-0.4, -0.2) is 145 Å². The Balaban J connectivity index is 0.000000153. The summed E-state index contributed by atoms with van der Waals surface area (Å²) in [5.41, 5.74) is 31.0. The Morgan fingerprint density at radius 3 is 1.41 bits per heavy atom. The van der Waals surface area contributed by atoms with Gasteiger partial charge in [0.2, 0.25) is 0 Å². The molecule has 0 bridgehead atoms. The molecule has 1 unspecified atom stereocenters. The molecule has 0 amide bonds. The highest BCUT2D eigenvalue weighted by atomic mass is 32.2. The number of likely N-dealkylation sites (N-methyl/N-ethyl adjacent to an activating group) is 1. The fourth-order valence-electron chi connectivity index (χ4n) is 13.3. The number of aryl methyl sites for hydroxylation is 1. The molecule has 13 rings (SSSR count). The number of rotatable bonds is 27. The van der Waals surface area contributed by atoms with Crippen molar-refractivity contribution in [3.05, 3.63) is 206 Å². The van der Waals surface area contributed by atoms with E-state index in [0.717, 1.165) is 179 Å². The lowest BCUT2D eigenvalue weighted by Gasteiger charge is -2.31. The Morgan fingerprint density at radius 2 is 0.970 bits per heavy atom. The molecule has 2 aliphatic heterocycles. The van der Waals surface area contributed by atoms with Crippen molar-refractivity contribution in [3.8, 4) is 17.2 Å². The number of nitrogens with zero attached hydrogens (tertiary/aromatic N) is 12. The molecule has 0 aliphatic carbocycles. The Bertz CT molecular complexity index is 4490. The zero-order chi connectivity index (χ0) is 70.6. The molecule has 2 aliphatic rings. The van der Waals surface area contributed by atoms with Crippen molar-refractivity contribution in [2.45, 2.75) is 118 Å². The Labute approximate surface area is 608 Å². The molecule has 6 aromatic carbocycles. The van der Waals surface area contributed by atoms with Gasteiger partial charge in [-0.25, -0.2) is 29.9 Å². The summed E-state index contributed by atoms with van der Waals surface area (Å²) in [5, 5.41) is 4.61. The molecule has 6 N–H and O–H groups in total. The maximum atomic E-state index is 6.24. The van der Waals surface area contributed by atoms with Crippen LogP contribution in [0.5, 0.6) is 17.2 Å². The average Bonchev–Trinajstić information content (AvgIpc) is 1.64. The largest absolute Gasteiger partial charge is 0.494 e. The highest BCUT2D eigenvalue weighted by Crippen LogP contribution is 2.34. The van der Waals surface area contributed by atoms with E-state index in [1.165, 1.54) is 41.6 Å².